The highest BCUT2D eigenvalue weighted by atomic mass is 32.2. The Morgan fingerprint density at radius 1 is 1.27 bits per heavy atom. The van der Waals surface area contributed by atoms with Gasteiger partial charge in [-0.1, -0.05) is 18.2 Å². The standard InChI is InChI=1S/C10H12N2O2S/c1-15(13,14)10(11)12-7-6-8-4-2-3-5-9(8)12/h2-7,10H,11H2,1H3. The normalized spacial score (nSPS) is 14.3. The summed E-state index contributed by atoms with van der Waals surface area (Å²) in [5, 5.41) is 0.983. The van der Waals surface area contributed by atoms with Crippen molar-refractivity contribution in [2.24, 2.45) is 5.73 Å². The monoisotopic (exact) mass is 224 g/mol. The molecule has 80 valence electrons. The van der Waals surface area contributed by atoms with Crippen molar-refractivity contribution in [3.8, 4) is 0 Å². The van der Waals surface area contributed by atoms with E-state index in [4.69, 9.17) is 5.73 Å². The lowest BCUT2D eigenvalue weighted by atomic mass is 10.2. The first kappa shape index (κ1) is 10.2. The molecule has 1 aromatic carbocycles. The average Bonchev–Trinajstić information content (AvgIpc) is 2.58. The van der Waals surface area contributed by atoms with E-state index in [0.29, 0.717) is 0 Å². The van der Waals surface area contributed by atoms with Gasteiger partial charge in [-0.05, 0) is 17.5 Å². The fraction of sp³-hybridized carbons (Fsp3) is 0.200. The molecule has 0 aliphatic rings. The summed E-state index contributed by atoms with van der Waals surface area (Å²) in [5.41, 5.74) is 5.47. The van der Waals surface area contributed by atoms with Crippen LogP contribution in [-0.4, -0.2) is 19.2 Å². The van der Waals surface area contributed by atoms with Gasteiger partial charge >= 0.3 is 0 Å². The zero-order chi connectivity index (χ0) is 11.1. The maximum absolute atomic E-state index is 11.3. The third kappa shape index (κ3) is 1.75. The number of sulfone groups is 1. The number of nitrogens with two attached hydrogens (primary N) is 1. The van der Waals surface area contributed by atoms with E-state index in [1.165, 1.54) is 0 Å². The SMILES string of the molecule is CS(=O)(=O)C(N)n1ccc2ccccc21. The van der Waals surface area contributed by atoms with E-state index in [0.717, 1.165) is 17.2 Å². The lowest BCUT2D eigenvalue weighted by Gasteiger charge is -2.12. The predicted octanol–water partition coefficient (Wildman–Crippen LogP) is 1.10. The molecule has 0 saturated carbocycles. The summed E-state index contributed by atoms with van der Waals surface area (Å²) in [6.07, 6.45) is 2.82. The number of nitrogens with zero attached hydrogens (tertiary/aromatic N) is 1. The third-order valence-corrected chi connectivity index (χ3v) is 3.45. The molecule has 0 radical (unpaired) electrons. The Morgan fingerprint density at radius 2 is 1.93 bits per heavy atom. The summed E-state index contributed by atoms with van der Waals surface area (Å²) >= 11 is 0. The van der Waals surface area contributed by atoms with Gasteiger partial charge < -0.3 is 4.57 Å². The zero-order valence-corrected chi connectivity index (χ0v) is 9.11. The molecule has 1 aromatic heterocycles. The van der Waals surface area contributed by atoms with Gasteiger partial charge in [0.25, 0.3) is 0 Å². The third-order valence-electron chi connectivity index (χ3n) is 2.34. The second-order valence-electron chi connectivity index (χ2n) is 3.50. The molecule has 2 aromatic rings. The van der Waals surface area contributed by atoms with Gasteiger partial charge in [0.05, 0.1) is 5.52 Å². The molecule has 1 heterocycles. The van der Waals surface area contributed by atoms with Crippen molar-refractivity contribution in [2.75, 3.05) is 6.26 Å². The van der Waals surface area contributed by atoms with Crippen LogP contribution < -0.4 is 5.73 Å². The van der Waals surface area contributed by atoms with Gasteiger partial charge in [-0.3, -0.25) is 5.73 Å². The maximum Gasteiger partial charge on any atom is 0.186 e. The highest BCUT2D eigenvalue weighted by molar-refractivity contribution is 7.90. The Labute approximate surface area is 88.2 Å². The predicted molar refractivity (Wildman–Crippen MR) is 60.0 cm³/mol. The average molecular weight is 224 g/mol. The Morgan fingerprint density at radius 3 is 2.60 bits per heavy atom. The van der Waals surface area contributed by atoms with E-state index in [1.807, 2.05) is 30.3 Å². The van der Waals surface area contributed by atoms with Gasteiger partial charge in [0.2, 0.25) is 0 Å². The lowest BCUT2D eigenvalue weighted by molar-refractivity contribution is 0.563. The molecule has 2 rings (SSSR count). The van der Waals surface area contributed by atoms with Crippen molar-refractivity contribution in [3.05, 3.63) is 36.5 Å². The van der Waals surface area contributed by atoms with Gasteiger partial charge in [0, 0.05) is 12.5 Å². The Kier molecular flexibility index (Phi) is 2.28. The molecule has 1 atom stereocenters. The molecule has 1 unspecified atom stereocenters. The number of hydrogen-bond donors (Lipinski definition) is 1. The van der Waals surface area contributed by atoms with Crippen LogP contribution in [0.15, 0.2) is 36.5 Å². The minimum absolute atomic E-state index is 0.829. The Hall–Kier alpha value is -1.33. The first-order valence-corrected chi connectivity index (χ1v) is 6.45. The molecule has 0 saturated heterocycles. The van der Waals surface area contributed by atoms with Gasteiger partial charge in [0.15, 0.2) is 15.3 Å². The van der Waals surface area contributed by atoms with Crippen LogP contribution in [0.1, 0.15) is 5.50 Å². The summed E-state index contributed by atoms with van der Waals surface area (Å²) in [7, 11) is -3.28. The molecule has 15 heavy (non-hydrogen) atoms. The minimum Gasteiger partial charge on any atom is -0.318 e. The van der Waals surface area contributed by atoms with E-state index >= 15 is 0 Å². The quantitative estimate of drug-likeness (QED) is 0.830. The fourth-order valence-corrected chi connectivity index (χ4v) is 2.13. The van der Waals surface area contributed by atoms with Gasteiger partial charge in [-0.15, -0.1) is 0 Å². The number of hydrogen-bond acceptors (Lipinski definition) is 3. The highest BCUT2D eigenvalue weighted by Gasteiger charge is 2.18. The van der Waals surface area contributed by atoms with E-state index in [1.54, 1.807) is 10.8 Å². The van der Waals surface area contributed by atoms with Crippen molar-refractivity contribution < 1.29 is 8.42 Å². The van der Waals surface area contributed by atoms with E-state index < -0.39 is 15.3 Å². The highest BCUT2D eigenvalue weighted by Crippen LogP contribution is 2.19. The lowest BCUT2D eigenvalue weighted by Crippen LogP contribution is -2.26. The second-order valence-corrected chi connectivity index (χ2v) is 5.64. The molecular formula is C10H12N2O2S. The number of fused-ring (bicyclic) bond motifs is 1. The molecule has 0 amide bonds. The number of rotatable bonds is 2. The smallest absolute Gasteiger partial charge is 0.186 e. The van der Waals surface area contributed by atoms with Crippen LogP contribution >= 0.6 is 0 Å². The van der Waals surface area contributed by atoms with Crippen molar-refractivity contribution >= 4 is 20.7 Å². The first-order valence-electron chi connectivity index (χ1n) is 4.50. The van der Waals surface area contributed by atoms with Crippen LogP contribution in [0.5, 0.6) is 0 Å². The summed E-state index contributed by atoms with van der Waals surface area (Å²) in [6, 6.07) is 9.37. The van der Waals surface area contributed by atoms with Crippen molar-refractivity contribution in [2.45, 2.75) is 5.50 Å². The van der Waals surface area contributed by atoms with Crippen molar-refractivity contribution in [3.63, 3.8) is 0 Å². The first-order chi connectivity index (χ1) is 7.00. The number of benzene rings is 1. The molecule has 4 nitrogen and oxygen atoms in total. The second kappa shape index (κ2) is 3.36. The largest absolute Gasteiger partial charge is 0.318 e. The molecular weight excluding hydrogens is 212 g/mol. The van der Waals surface area contributed by atoms with Crippen LogP contribution in [0.4, 0.5) is 0 Å². The molecule has 0 spiro atoms. The minimum atomic E-state index is -3.28. The van der Waals surface area contributed by atoms with E-state index in [-0.39, 0.29) is 0 Å². The van der Waals surface area contributed by atoms with Crippen LogP contribution in [0, 0.1) is 0 Å². The Balaban J connectivity index is 2.63. The number of aromatic nitrogens is 1. The topological polar surface area (TPSA) is 65.1 Å². The van der Waals surface area contributed by atoms with E-state index in [9.17, 15) is 8.42 Å². The van der Waals surface area contributed by atoms with Crippen LogP contribution in [0.2, 0.25) is 0 Å². The molecule has 0 fully saturated rings. The van der Waals surface area contributed by atoms with Gasteiger partial charge in [-0.25, -0.2) is 8.42 Å². The van der Waals surface area contributed by atoms with Gasteiger partial charge in [0.1, 0.15) is 0 Å². The van der Waals surface area contributed by atoms with Crippen molar-refractivity contribution in [1.82, 2.24) is 4.57 Å². The molecule has 0 bridgehead atoms. The molecule has 2 N–H and O–H groups in total. The fourth-order valence-electron chi connectivity index (χ4n) is 1.53. The summed E-state index contributed by atoms with van der Waals surface area (Å²) < 4.78 is 24.2. The van der Waals surface area contributed by atoms with E-state index in [2.05, 4.69) is 0 Å². The molecule has 0 aliphatic heterocycles. The van der Waals surface area contributed by atoms with Crippen molar-refractivity contribution in [1.29, 1.82) is 0 Å². The number of para-hydroxylation sites is 1. The van der Waals surface area contributed by atoms with Gasteiger partial charge in [-0.2, -0.15) is 0 Å². The molecule has 0 aliphatic carbocycles. The maximum atomic E-state index is 11.3. The Bertz CT molecular complexity index is 586. The molecule has 5 heteroatoms. The van der Waals surface area contributed by atoms with Crippen LogP contribution in [0.3, 0.4) is 0 Å². The summed E-state index contributed by atoms with van der Waals surface area (Å²) in [5.74, 6) is 0. The van der Waals surface area contributed by atoms with Crippen LogP contribution in [-0.2, 0) is 9.84 Å². The summed E-state index contributed by atoms with van der Waals surface area (Å²) in [4.78, 5) is 0. The summed E-state index contributed by atoms with van der Waals surface area (Å²) in [6.45, 7) is 0. The zero-order valence-electron chi connectivity index (χ0n) is 8.29. The van der Waals surface area contributed by atoms with Crippen LogP contribution in [0.25, 0.3) is 10.9 Å².